The highest BCUT2D eigenvalue weighted by molar-refractivity contribution is 6.04. The fourth-order valence-electron chi connectivity index (χ4n) is 5.23. The molecular weight excluding hydrogens is 457 g/mol. The van der Waals surface area contributed by atoms with Gasteiger partial charge in [-0.2, -0.15) is 13.2 Å². The summed E-state index contributed by atoms with van der Waals surface area (Å²) in [5, 5.41) is 2.71. The highest BCUT2D eigenvalue weighted by atomic mass is 19.4. The zero-order chi connectivity index (χ0) is 24.6. The molecular formula is C26H29F3N4O2. The van der Waals surface area contributed by atoms with Crippen molar-refractivity contribution in [3.05, 3.63) is 48.0 Å². The van der Waals surface area contributed by atoms with Gasteiger partial charge in [-0.15, -0.1) is 0 Å². The molecule has 6 nitrogen and oxygen atoms in total. The van der Waals surface area contributed by atoms with Gasteiger partial charge in [-0.1, -0.05) is 0 Å². The van der Waals surface area contributed by atoms with Gasteiger partial charge in [-0.05, 0) is 68.1 Å². The van der Waals surface area contributed by atoms with Crippen LogP contribution in [0.3, 0.4) is 0 Å². The third-order valence-electron chi connectivity index (χ3n) is 7.16. The van der Waals surface area contributed by atoms with Crippen molar-refractivity contribution in [3.63, 3.8) is 0 Å². The minimum Gasteiger partial charge on any atom is -0.372 e. The summed E-state index contributed by atoms with van der Waals surface area (Å²) in [6.07, 6.45) is -0.223. The third kappa shape index (κ3) is 4.94. The maximum atomic E-state index is 13.4. The van der Waals surface area contributed by atoms with E-state index < -0.39 is 23.6 Å². The van der Waals surface area contributed by atoms with Crippen molar-refractivity contribution in [1.82, 2.24) is 0 Å². The molecule has 35 heavy (non-hydrogen) atoms. The van der Waals surface area contributed by atoms with Crippen molar-refractivity contribution in [1.29, 1.82) is 0 Å². The Morgan fingerprint density at radius 2 is 1.46 bits per heavy atom. The second-order valence-electron chi connectivity index (χ2n) is 9.53. The van der Waals surface area contributed by atoms with Gasteiger partial charge in [0.25, 0.3) is 0 Å². The van der Waals surface area contributed by atoms with Gasteiger partial charge < -0.3 is 20.0 Å². The zero-order valence-corrected chi connectivity index (χ0v) is 19.5. The second kappa shape index (κ2) is 9.43. The number of amides is 2. The van der Waals surface area contributed by atoms with Gasteiger partial charge in [0, 0.05) is 50.5 Å². The van der Waals surface area contributed by atoms with Gasteiger partial charge in [-0.3, -0.25) is 9.59 Å². The van der Waals surface area contributed by atoms with Crippen LogP contribution in [0.4, 0.5) is 35.9 Å². The van der Waals surface area contributed by atoms with Gasteiger partial charge in [0.1, 0.15) is 0 Å². The number of carbonyl (C=O) groups is 2. The number of hydrogen-bond donors (Lipinski definition) is 1. The number of halogens is 3. The van der Waals surface area contributed by atoms with Crippen LogP contribution < -0.4 is 20.0 Å². The Balaban J connectivity index is 1.31. The van der Waals surface area contributed by atoms with Gasteiger partial charge >= 0.3 is 6.18 Å². The molecule has 2 amide bonds. The molecule has 0 aromatic heterocycles. The van der Waals surface area contributed by atoms with E-state index in [0.29, 0.717) is 5.69 Å². The van der Waals surface area contributed by atoms with Crippen LogP contribution in [0.2, 0.25) is 0 Å². The molecule has 2 aromatic rings. The Hall–Kier alpha value is -3.23. The number of alkyl halides is 3. The minimum atomic E-state index is -4.51. The SMILES string of the molecule is O=C(Nc1cc(C(F)(F)F)ccc1N1CCCC1)C1CC(=O)N(c2ccc(N3CCCC3)cc2)C1. The van der Waals surface area contributed by atoms with E-state index in [1.54, 1.807) is 4.90 Å². The molecule has 1 unspecified atom stereocenters. The minimum absolute atomic E-state index is 0.0255. The van der Waals surface area contributed by atoms with Crippen LogP contribution in [0.1, 0.15) is 37.7 Å². The van der Waals surface area contributed by atoms with Gasteiger partial charge in [0.2, 0.25) is 11.8 Å². The van der Waals surface area contributed by atoms with Crippen molar-refractivity contribution < 1.29 is 22.8 Å². The average Bonchev–Trinajstić information content (AvgIpc) is 3.61. The normalized spacial score (nSPS) is 20.7. The summed E-state index contributed by atoms with van der Waals surface area (Å²) in [4.78, 5) is 31.7. The average molecular weight is 487 g/mol. The molecule has 3 fully saturated rings. The standard InChI is InChI=1S/C26H29F3N4O2/c27-26(28,29)19-5-10-23(32-13-3-4-14-32)22(16-19)30-25(35)18-15-24(34)33(17-18)21-8-6-20(7-9-21)31-11-1-2-12-31/h5-10,16,18H,1-4,11-15,17H2,(H,30,35). The number of rotatable bonds is 5. The molecule has 2 aromatic carbocycles. The first-order valence-electron chi connectivity index (χ1n) is 12.2. The maximum Gasteiger partial charge on any atom is 0.416 e. The fourth-order valence-corrected chi connectivity index (χ4v) is 5.23. The van der Waals surface area contributed by atoms with Crippen molar-refractivity contribution in [3.8, 4) is 0 Å². The third-order valence-corrected chi connectivity index (χ3v) is 7.16. The van der Waals surface area contributed by atoms with E-state index in [0.717, 1.165) is 62.5 Å². The monoisotopic (exact) mass is 486 g/mol. The Labute approximate surface area is 202 Å². The predicted molar refractivity (Wildman–Crippen MR) is 130 cm³/mol. The molecule has 0 saturated carbocycles. The smallest absolute Gasteiger partial charge is 0.372 e. The summed E-state index contributed by atoms with van der Waals surface area (Å²) < 4.78 is 40.1. The summed E-state index contributed by atoms with van der Waals surface area (Å²) in [6, 6.07) is 11.2. The van der Waals surface area contributed by atoms with Crippen molar-refractivity contribution in [2.45, 2.75) is 38.3 Å². The summed E-state index contributed by atoms with van der Waals surface area (Å²) >= 11 is 0. The van der Waals surface area contributed by atoms with Crippen LogP contribution in [0.25, 0.3) is 0 Å². The first kappa shape index (κ1) is 23.5. The number of hydrogen-bond acceptors (Lipinski definition) is 4. The largest absolute Gasteiger partial charge is 0.416 e. The van der Waals surface area contributed by atoms with Gasteiger partial charge in [0.15, 0.2) is 0 Å². The molecule has 0 spiro atoms. The summed E-state index contributed by atoms with van der Waals surface area (Å²) in [6.45, 7) is 3.72. The van der Waals surface area contributed by atoms with Crippen molar-refractivity contribution >= 4 is 34.6 Å². The van der Waals surface area contributed by atoms with Crippen LogP contribution in [0.15, 0.2) is 42.5 Å². The van der Waals surface area contributed by atoms with E-state index in [1.807, 2.05) is 29.2 Å². The lowest BCUT2D eigenvalue weighted by atomic mass is 10.1. The molecule has 0 radical (unpaired) electrons. The zero-order valence-electron chi connectivity index (χ0n) is 19.5. The first-order valence-corrected chi connectivity index (χ1v) is 12.2. The molecule has 1 atom stereocenters. The van der Waals surface area contributed by atoms with E-state index in [9.17, 15) is 22.8 Å². The van der Waals surface area contributed by atoms with Crippen LogP contribution in [0.5, 0.6) is 0 Å². The Kier molecular flexibility index (Phi) is 6.34. The van der Waals surface area contributed by atoms with E-state index in [-0.39, 0.29) is 24.6 Å². The number of anilines is 4. The van der Waals surface area contributed by atoms with Crippen LogP contribution >= 0.6 is 0 Å². The number of nitrogens with zero attached hydrogens (tertiary/aromatic N) is 3. The molecule has 1 N–H and O–H groups in total. The van der Waals surface area contributed by atoms with E-state index in [1.165, 1.54) is 18.9 Å². The molecule has 3 heterocycles. The van der Waals surface area contributed by atoms with E-state index >= 15 is 0 Å². The lowest BCUT2D eigenvalue weighted by molar-refractivity contribution is -0.137. The molecule has 5 rings (SSSR count). The van der Waals surface area contributed by atoms with E-state index in [2.05, 4.69) is 10.2 Å². The molecule has 9 heteroatoms. The molecule has 3 aliphatic heterocycles. The first-order chi connectivity index (χ1) is 16.8. The highest BCUT2D eigenvalue weighted by Crippen LogP contribution is 2.37. The molecule has 3 saturated heterocycles. The van der Waals surface area contributed by atoms with Gasteiger partial charge in [0.05, 0.1) is 22.9 Å². The molecule has 186 valence electrons. The number of nitrogens with one attached hydrogen (secondary N) is 1. The Morgan fingerprint density at radius 3 is 2.09 bits per heavy atom. The van der Waals surface area contributed by atoms with E-state index in [4.69, 9.17) is 0 Å². The highest BCUT2D eigenvalue weighted by Gasteiger charge is 2.36. The van der Waals surface area contributed by atoms with Crippen LogP contribution in [-0.4, -0.2) is 44.5 Å². The summed E-state index contributed by atoms with van der Waals surface area (Å²) in [5.41, 5.74) is 1.77. The number of benzene rings is 2. The molecule has 3 aliphatic rings. The second-order valence-corrected chi connectivity index (χ2v) is 9.53. The lowest BCUT2D eigenvalue weighted by Crippen LogP contribution is -2.29. The number of carbonyl (C=O) groups excluding carboxylic acids is 2. The topological polar surface area (TPSA) is 55.9 Å². The fraction of sp³-hybridized carbons (Fsp3) is 0.462. The van der Waals surface area contributed by atoms with Crippen molar-refractivity contribution in [2.75, 3.05) is 52.7 Å². The van der Waals surface area contributed by atoms with Gasteiger partial charge in [-0.25, -0.2) is 0 Å². The van der Waals surface area contributed by atoms with Crippen molar-refractivity contribution in [2.24, 2.45) is 5.92 Å². The van der Waals surface area contributed by atoms with Crippen LogP contribution in [0, 0.1) is 5.92 Å². The quantitative estimate of drug-likeness (QED) is 0.654. The molecule has 0 aliphatic carbocycles. The summed E-state index contributed by atoms with van der Waals surface area (Å²) in [5.74, 6) is -1.24. The predicted octanol–water partition coefficient (Wildman–Crippen LogP) is 4.90. The van der Waals surface area contributed by atoms with Crippen LogP contribution in [-0.2, 0) is 15.8 Å². The lowest BCUT2D eigenvalue weighted by Gasteiger charge is -2.24. The molecule has 0 bridgehead atoms. The Morgan fingerprint density at radius 1 is 0.857 bits per heavy atom. The maximum absolute atomic E-state index is 13.4. The summed E-state index contributed by atoms with van der Waals surface area (Å²) in [7, 11) is 0. The Bertz CT molecular complexity index is 1090.